The van der Waals surface area contributed by atoms with E-state index in [9.17, 15) is 9.59 Å². The molecule has 1 atom stereocenters. The Labute approximate surface area is 78.4 Å². The minimum Gasteiger partial charge on any atom is -0.373 e. The summed E-state index contributed by atoms with van der Waals surface area (Å²) in [6, 6.07) is -0.681. The number of amidine groups is 1. The number of carbonyl (C=O) groups is 2. The van der Waals surface area contributed by atoms with Gasteiger partial charge in [-0.05, 0) is 0 Å². The summed E-state index contributed by atoms with van der Waals surface area (Å²) >= 11 is 0. The maximum atomic E-state index is 11.0. The number of aliphatic imine (C=N–C) groups is 1. The number of fused-ring (bicyclic) bond motifs is 1. The zero-order chi connectivity index (χ0) is 10.3. The molecular weight excluding hydrogens is 192 g/mol. The number of rotatable bonds is 0. The van der Waals surface area contributed by atoms with Crippen molar-refractivity contribution in [2.24, 2.45) is 10.8 Å². The highest BCUT2D eigenvalue weighted by atomic mass is 16.6. The molecule has 9 nitrogen and oxygen atoms in total. The molecule has 0 spiro atoms. The minimum absolute atomic E-state index is 0.110. The number of nitrogens with one attached hydrogen (secondary N) is 2. The molecule has 0 saturated carbocycles. The van der Waals surface area contributed by atoms with Gasteiger partial charge in [0.05, 0.1) is 0 Å². The Morgan fingerprint density at radius 1 is 1.79 bits per heavy atom. The first-order valence-electron chi connectivity index (χ1n) is 3.73. The summed E-state index contributed by atoms with van der Waals surface area (Å²) in [5.74, 6) is 5.11. The molecule has 2 rings (SSSR count). The summed E-state index contributed by atoms with van der Waals surface area (Å²) < 4.78 is 4.69. The number of nitrogens with two attached hydrogens (primary N) is 1. The van der Waals surface area contributed by atoms with Crippen molar-refractivity contribution in [2.75, 3.05) is 7.05 Å². The average molecular weight is 200 g/mol. The summed E-state index contributed by atoms with van der Waals surface area (Å²) in [5, 5.41) is 4.56. The van der Waals surface area contributed by atoms with Gasteiger partial charge in [0.25, 0.3) is 0 Å². The molecule has 0 aromatic rings. The first-order valence-corrected chi connectivity index (χ1v) is 3.73. The van der Waals surface area contributed by atoms with E-state index in [2.05, 4.69) is 15.7 Å². The molecule has 3 amide bonds. The van der Waals surface area contributed by atoms with Crippen LogP contribution in [-0.2, 0) is 4.74 Å². The Morgan fingerprint density at radius 2 is 2.50 bits per heavy atom. The number of hydrazine groups is 2. The Bertz CT molecular complexity index is 325. The van der Waals surface area contributed by atoms with Gasteiger partial charge in [0, 0.05) is 7.05 Å². The highest BCUT2D eigenvalue weighted by Gasteiger charge is 2.44. The molecule has 2 aliphatic heterocycles. The van der Waals surface area contributed by atoms with E-state index >= 15 is 0 Å². The van der Waals surface area contributed by atoms with Gasteiger partial charge in [-0.1, -0.05) is 0 Å². The van der Waals surface area contributed by atoms with Gasteiger partial charge in [0.1, 0.15) is 0 Å². The van der Waals surface area contributed by atoms with E-state index in [0.717, 1.165) is 5.01 Å². The first kappa shape index (κ1) is 8.72. The summed E-state index contributed by atoms with van der Waals surface area (Å²) in [7, 11) is 1.32. The van der Waals surface area contributed by atoms with Crippen molar-refractivity contribution < 1.29 is 14.3 Å². The van der Waals surface area contributed by atoms with Gasteiger partial charge in [-0.2, -0.15) is 5.43 Å². The lowest BCUT2D eigenvalue weighted by Crippen LogP contribution is -2.41. The van der Waals surface area contributed by atoms with Gasteiger partial charge >= 0.3 is 18.1 Å². The molecule has 0 bridgehead atoms. The third kappa shape index (κ3) is 1.45. The predicted molar refractivity (Wildman–Crippen MR) is 43.2 cm³/mol. The zero-order valence-corrected chi connectivity index (χ0v) is 7.22. The van der Waals surface area contributed by atoms with E-state index in [0.29, 0.717) is 0 Å². The van der Waals surface area contributed by atoms with Crippen LogP contribution in [0.1, 0.15) is 0 Å². The van der Waals surface area contributed by atoms with Crippen LogP contribution in [0.15, 0.2) is 4.99 Å². The molecule has 9 heteroatoms. The quantitative estimate of drug-likeness (QED) is 0.182. The molecule has 76 valence electrons. The summed E-state index contributed by atoms with van der Waals surface area (Å²) in [4.78, 5) is 25.3. The monoisotopic (exact) mass is 200 g/mol. The van der Waals surface area contributed by atoms with Gasteiger partial charge in [-0.25, -0.2) is 25.4 Å². The molecule has 0 aliphatic carbocycles. The molecule has 2 aliphatic rings. The fourth-order valence-corrected chi connectivity index (χ4v) is 0.873. The summed E-state index contributed by atoms with van der Waals surface area (Å²) in [6.07, 6.45) is -1.14. The highest BCUT2D eigenvalue weighted by Crippen LogP contribution is 2.13. The van der Waals surface area contributed by atoms with E-state index in [4.69, 9.17) is 10.6 Å². The standard InChI is InChI=1S/C5H8N6O3/c1-10(6)5(13)14-4-8-3(12)7-2-9-11(2)4/h2,9H,6H2,1H3,(H,7,12). The number of ether oxygens (including phenoxy) is 1. The zero-order valence-electron chi connectivity index (χ0n) is 7.22. The van der Waals surface area contributed by atoms with E-state index in [-0.39, 0.29) is 12.3 Å². The smallest absolute Gasteiger partial charge is 0.373 e. The van der Waals surface area contributed by atoms with Crippen LogP contribution in [0.4, 0.5) is 9.59 Å². The molecule has 0 radical (unpaired) electrons. The van der Waals surface area contributed by atoms with Crippen LogP contribution < -0.4 is 16.6 Å². The number of nitrogens with zero attached hydrogens (tertiary/aromatic N) is 3. The topological polar surface area (TPSA) is 122 Å². The molecule has 1 saturated heterocycles. The Hall–Kier alpha value is -1.87. The van der Waals surface area contributed by atoms with E-state index in [1.807, 2.05) is 0 Å². The van der Waals surface area contributed by atoms with Crippen LogP contribution >= 0.6 is 0 Å². The van der Waals surface area contributed by atoms with Crippen molar-refractivity contribution in [1.29, 1.82) is 0 Å². The average Bonchev–Trinajstić information content (AvgIpc) is 2.82. The molecule has 1 unspecified atom stereocenters. The molecule has 1 fully saturated rings. The normalized spacial score (nSPS) is 23.3. The lowest BCUT2D eigenvalue weighted by molar-refractivity contribution is 0.153. The van der Waals surface area contributed by atoms with Crippen molar-refractivity contribution in [3.8, 4) is 0 Å². The second kappa shape index (κ2) is 2.82. The van der Waals surface area contributed by atoms with Crippen LogP contribution in [0.25, 0.3) is 0 Å². The lowest BCUT2D eigenvalue weighted by Gasteiger charge is -2.13. The van der Waals surface area contributed by atoms with Gasteiger partial charge < -0.3 is 10.1 Å². The Morgan fingerprint density at radius 3 is 3.14 bits per heavy atom. The fourth-order valence-electron chi connectivity index (χ4n) is 0.873. The third-order valence-electron chi connectivity index (χ3n) is 1.58. The predicted octanol–water partition coefficient (Wildman–Crippen LogP) is -1.89. The summed E-state index contributed by atoms with van der Waals surface area (Å²) in [5.41, 5.74) is 2.69. The molecule has 0 aromatic heterocycles. The largest absolute Gasteiger partial charge is 0.431 e. The van der Waals surface area contributed by atoms with Crippen LogP contribution in [0.2, 0.25) is 0 Å². The van der Waals surface area contributed by atoms with E-state index in [1.165, 1.54) is 12.1 Å². The first-order chi connectivity index (χ1) is 6.58. The second-order valence-electron chi connectivity index (χ2n) is 2.72. The van der Waals surface area contributed by atoms with Crippen molar-refractivity contribution in [3.05, 3.63) is 0 Å². The highest BCUT2D eigenvalue weighted by molar-refractivity contribution is 5.97. The van der Waals surface area contributed by atoms with Crippen molar-refractivity contribution in [3.63, 3.8) is 0 Å². The third-order valence-corrected chi connectivity index (χ3v) is 1.58. The van der Waals surface area contributed by atoms with Crippen LogP contribution in [0, 0.1) is 0 Å². The molecule has 14 heavy (non-hydrogen) atoms. The molecule has 4 N–H and O–H groups in total. The fraction of sp³-hybridized carbons (Fsp3) is 0.400. The number of carbonyl (C=O) groups excluding carboxylic acids is 2. The Kier molecular flexibility index (Phi) is 1.75. The van der Waals surface area contributed by atoms with Gasteiger partial charge in [0.2, 0.25) is 0 Å². The van der Waals surface area contributed by atoms with Gasteiger partial charge in [-0.15, -0.1) is 4.99 Å². The number of hydrogen-bond donors (Lipinski definition) is 3. The number of amides is 3. The van der Waals surface area contributed by atoms with Crippen molar-refractivity contribution >= 4 is 18.1 Å². The SMILES string of the molecule is CN(N)C(=O)OC1=NC(=O)NC2NN12. The van der Waals surface area contributed by atoms with Crippen molar-refractivity contribution in [1.82, 2.24) is 20.8 Å². The van der Waals surface area contributed by atoms with E-state index < -0.39 is 12.1 Å². The lowest BCUT2D eigenvalue weighted by atomic mass is 10.8. The molecule has 0 aromatic carbocycles. The van der Waals surface area contributed by atoms with Crippen molar-refractivity contribution in [2.45, 2.75) is 6.29 Å². The van der Waals surface area contributed by atoms with Gasteiger partial charge in [-0.3, -0.25) is 0 Å². The van der Waals surface area contributed by atoms with Gasteiger partial charge in [0.15, 0.2) is 6.29 Å². The molecule has 2 heterocycles. The summed E-state index contributed by atoms with van der Waals surface area (Å²) in [6.45, 7) is 0. The Balaban J connectivity index is 2.04. The van der Waals surface area contributed by atoms with Crippen LogP contribution in [-0.4, -0.2) is 41.5 Å². The second-order valence-corrected chi connectivity index (χ2v) is 2.72. The maximum absolute atomic E-state index is 11.0. The number of urea groups is 1. The number of hydrogen-bond acceptors (Lipinski definition) is 6. The molecular formula is C5H8N6O3. The van der Waals surface area contributed by atoms with E-state index in [1.54, 1.807) is 0 Å². The van der Waals surface area contributed by atoms with Crippen LogP contribution in [0.5, 0.6) is 0 Å². The minimum atomic E-state index is -0.800. The maximum Gasteiger partial charge on any atom is 0.431 e. The van der Waals surface area contributed by atoms with Crippen LogP contribution in [0.3, 0.4) is 0 Å².